The Balaban J connectivity index is 3.13. The maximum absolute atomic E-state index is 11.2. The molecule has 0 atom stereocenters. The molecule has 0 radical (unpaired) electrons. The minimum Gasteiger partial charge on any atom is -0.489 e. The Bertz CT molecular complexity index is 615. The number of hydrogen-bond donors (Lipinski definition) is 2. The van der Waals surface area contributed by atoms with E-state index in [2.05, 4.69) is 0 Å². The number of carboxylic acid groups (broad SMARTS) is 1. The van der Waals surface area contributed by atoms with Gasteiger partial charge in [0.15, 0.2) is 0 Å². The van der Waals surface area contributed by atoms with Crippen LogP contribution in [-0.4, -0.2) is 26.1 Å². The average molecular weight is 285 g/mol. The average Bonchev–Trinajstić information content (AvgIpc) is 2.27. The van der Waals surface area contributed by atoms with Crippen LogP contribution in [0.15, 0.2) is 34.7 Å². The fourth-order valence-corrected chi connectivity index (χ4v) is 1.82. The van der Waals surface area contributed by atoms with Crippen LogP contribution in [-0.2, 0) is 10.0 Å². The summed E-state index contributed by atoms with van der Waals surface area (Å²) < 4.78 is 27.6. The largest absolute Gasteiger partial charge is 0.489 e. The Morgan fingerprint density at radius 2 is 2.05 bits per heavy atom. The van der Waals surface area contributed by atoms with E-state index in [0.717, 1.165) is 11.6 Å². The van der Waals surface area contributed by atoms with Crippen LogP contribution in [0, 0.1) is 0 Å². The molecule has 0 aliphatic carbocycles. The van der Waals surface area contributed by atoms with Crippen LogP contribution in [0.1, 0.15) is 24.2 Å². The molecule has 0 unspecified atom stereocenters. The van der Waals surface area contributed by atoms with Gasteiger partial charge in [-0.3, -0.25) is 0 Å². The fourth-order valence-electron chi connectivity index (χ4n) is 1.28. The molecule has 0 amide bonds. The van der Waals surface area contributed by atoms with E-state index in [-0.39, 0.29) is 22.8 Å². The Labute approximate surface area is 111 Å². The van der Waals surface area contributed by atoms with Gasteiger partial charge in [0.25, 0.3) is 0 Å². The van der Waals surface area contributed by atoms with E-state index < -0.39 is 16.0 Å². The molecule has 0 saturated heterocycles. The van der Waals surface area contributed by atoms with Crippen molar-refractivity contribution in [3.05, 3.63) is 35.4 Å². The van der Waals surface area contributed by atoms with Crippen LogP contribution in [0.3, 0.4) is 0 Å². The molecule has 104 valence electrons. The molecule has 0 heterocycles. The molecule has 0 saturated carbocycles. The van der Waals surface area contributed by atoms with Gasteiger partial charge < -0.3 is 9.84 Å². The molecule has 0 spiro atoms. The Morgan fingerprint density at radius 1 is 1.42 bits per heavy atom. The van der Waals surface area contributed by atoms with Crippen molar-refractivity contribution in [2.45, 2.75) is 18.7 Å². The van der Waals surface area contributed by atoms with Crippen molar-refractivity contribution in [1.82, 2.24) is 0 Å². The highest BCUT2D eigenvalue weighted by Crippen LogP contribution is 2.22. The molecule has 3 N–H and O–H groups in total. The number of allylic oxidation sites excluding steroid dienone is 1. The van der Waals surface area contributed by atoms with Crippen LogP contribution in [0.25, 0.3) is 0 Å². The highest BCUT2D eigenvalue weighted by Gasteiger charge is 2.16. The first-order valence-corrected chi connectivity index (χ1v) is 6.92. The first-order chi connectivity index (χ1) is 8.71. The summed E-state index contributed by atoms with van der Waals surface area (Å²) >= 11 is 0. The molecular formula is C12H15NO5S. The van der Waals surface area contributed by atoms with Gasteiger partial charge in [-0.15, -0.1) is 0 Å². The summed E-state index contributed by atoms with van der Waals surface area (Å²) in [6.45, 7) is 3.97. The van der Waals surface area contributed by atoms with Crippen LogP contribution in [0.5, 0.6) is 5.75 Å². The first kappa shape index (κ1) is 15.2. The lowest BCUT2D eigenvalue weighted by Crippen LogP contribution is -2.13. The molecule has 0 aliphatic rings. The molecule has 7 heteroatoms. The number of carboxylic acids is 1. The predicted octanol–water partition coefficient (Wildman–Crippen LogP) is 1.38. The number of carbonyl (C=O) groups is 1. The zero-order chi connectivity index (χ0) is 14.6. The molecule has 1 rings (SSSR count). The van der Waals surface area contributed by atoms with E-state index in [1.165, 1.54) is 12.1 Å². The quantitative estimate of drug-likeness (QED) is 0.795. The van der Waals surface area contributed by atoms with E-state index in [0.29, 0.717) is 0 Å². The summed E-state index contributed by atoms with van der Waals surface area (Å²) in [5.41, 5.74) is 0.784. The number of primary sulfonamides is 1. The van der Waals surface area contributed by atoms with E-state index in [1.807, 2.05) is 13.8 Å². The van der Waals surface area contributed by atoms with E-state index in [9.17, 15) is 13.2 Å². The zero-order valence-electron chi connectivity index (χ0n) is 10.6. The van der Waals surface area contributed by atoms with Gasteiger partial charge in [-0.25, -0.2) is 18.4 Å². The lowest BCUT2D eigenvalue weighted by atomic mass is 10.2. The van der Waals surface area contributed by atoms with Crippen molar-refractivity contribution in [2.24, 2.45) is 5.14 Å². The number of aromatic carboxylic acids is 1. The standard InChI is InChI=1S/C12H15NO5S/c1-8(2)5-6-18-11-4-3-9(19(13,16)17)7-10(11)12(14)15/h3-5,7H,6H2,1-2H3,(H,14,15)(H2,13,16,17). The number of benzene rings is 1. The van der Waals surface area contributed by atoms with Gasteiger partial charge in [0.2, 0.25) is 10.0 Å². The maximum Gasteiger partial charge on any atom is 0.339 e. The molecule has 0 aromatic heterocycles. The van der Waals surface area contributed by atoms with E-state index >= 15 is 0 Å². The minimum absolute atomic E-state index is 0.0948. The number of sulfonamides is 1. The summed E-state index contributed by atoms with van der Waals surface area (Å²) in [5, 5.41) is 14.0. The molecule has 0 fully saturated rings. The lowest BCUT2D eigenvalue weighted by molar-refractivity contribution is 0.0692. The number of rotatable bonds is 5. The fraction of sp³-hybridized carbons (Fsp3) is 0.250. The molecule has 19 heavy (non-hydrogen) atoms. The van der Waals surface area contributed by atoms with Crippen molar-refractivity contribution in [2.75, 3.05) is 6.61 Å². The molecular weight excluding hydrogens is 270 g/mol. The summed E-state index contributed by atoms with van der Waals surface area (Å²) in [6.07, 6.45) is 1.78. The molecule has 1 aromatic carbocycles. The predicted molar refractivity (Wildman–Crippen MR) is 69.7 cm³/mol. The van der Waals surface area contributed by atoms with Crippen molar-refractivity contribution in [1.29, 1.82) is 0 Å². The normalized spacial score (nSPS) is 10.9. The third-order valence-electron chi connectivity index (χ3n) is 2.24. The smallest absolute Gasteiger partial charge is 0.339 e. The molecule has 0 aliphatic heterocycles. The summed E-state index contributed by atoms with van der Waals surface area (Å²) in [5.74, 6) is -1.19. The van der Waals surface area contributed by atoms with Crippen molar-refractivity contribution in [3.8, 4) is 5.75 Å². The Hall–Kier alpha value is -1.86. The van der Waals surface area contributed by atoms with Gasteiger partial charge in [-0.05, 0) is 38.1 Å². The summed E-state index contributed by atoms with van der Waals surface area (Å²) in [4.78, 5) is 10.8. The van der Waals surface area contributed by atoms with Crippen molar-refractivity contribution >= 4 is 16.0 Å². The molecule has 1 aromatic rings. The van der Waals surface area contributed by atoms with Crippen LogP contribution in [0.4, 0.5) is 0 Å². The van der Waals surface area contributed by atoms with Gasteiger partial charge in [0.1, 0.15) is 17.9 Å². The Kier molecular flexibility index (Phi) is 4.68. The number of ether oxygens (including phenoxy) is 1. The van der Waals surface area contributed by atoms with Crippen molar-refractivity contribution in [3.63, 3.8) is 0 Å². The van der Waals surface area contributed by atoms with Crippen molar-refractivity contribution < 1.29 is 23.1 Å². The van der Waals surface area contributed by atoms with Gasteiger partial charge in [-0.2, -0.15) is 0 Å². The van der Waals surface area contributed by atoms with Crippen LogP contribution < -0.4 is 9.88 Å². The van der Waals surface area contributed by atoms with Gasteiger partial charge in [0, 0.05) is 0 Å². The topological polar surface area (TPSA) is 107 Å². The SMILES string of the molecule is CC(C)=CCOc1ccc(S(N)(=O)=O)cc1C(=O)O. The minimum atomic E-state index is -3.94. The highest BCUT2D eigenvalue weighted by molar-refractivity contribution is 7.89. The van der Waals surface area contributed by atoms with Crippen LogP contribution >= 0.6 is 0 Å². The first-order valence-electron chi connectivity index (χ1n) is 5.38. The second-order valence-electron chi connectivity index (χ2n) is 4.10. The van der Waals surface area contributed by atoms with Gasteiger partial charge >= 0.3 is 5.97 Å². The monoisotopic (exact) mass is 285 g/mol. The van der Waals surface area contributed by atoms with Crippen LogP contribution in [0.2, 0.25) is 0 Å². The lowest BCUT2D eigenvalue weighted by Gasteiger charge is -2.08. The second-order valence-corrected chi connectivity index (χ2v) is 5.66. The highest BCUT2D eigenvalue weighted by atomic mass is 32.2. The number of nitrogens with two attached hydrogens (primary N) is 1. The van der Waals surface area contributed by atoms with E-state index in [4.69, 9.17) is 15.0 Å². The molecule has 6 nitrogen and oxygen atoms in total. The molecule has 0 bridgehead atoms. The Morgan fingerprint density at radius 3 is 2.53 bits per heavy atom. The summed E-state index contributed by atoms with van der Waals surface area (Å²) in [7, 11) is -3.94. The third-order valence-corrected chi connectivity index (χ3v) is 3.15. The van der Waals surface area contributed by atoms with Gasteiger partial charge in [-0.1, -0.05) is 5.57 Å². The third kappa shape index (κ3) is 4.38. The zero-order valence-corrected chi connectivity index (χ0v) is 11.4. The maximum atomic E-state index is 11.2. The second kappa shape index (κ2) is 5.85. The summed E-state index contributed by atoms with van der Waals surface area (Å²) in [6, 6.07) is 3.47. The number of hydrogen-bond acceptors (Lipinski definition) is 4. The van der Waals surface area contributed by atoms with Gasteiger partial charge in [0.05, 0.1) is 4.90 Å². The van der Waals surface area contributed by atoms with E-state index in [1.54, 1.807) is 6.08 Å².